The molecule has 3 rings (SSSR count). The highest BCUT2D eigenvalue weighted by Crippen LogP contribution is 2.64. The van der Waals surface area contributed by atoms with Gasteiger partial charge in [0.05, 0.1) is 5.60 Å². The van der Waals surface area contributed by atoms with Crippen LogP contribution in [0.5, 0.6) is 0 Å². The lowest BCUT2D eigenvalue weighted by molar-refractivity contribution is -0.188. The summed E-state index contributed by atoms with van der Waals surface area (Å²) in [5.41, 5.74) is -0.209. The van der Waals surface area contributed by atoms with Crippen LogP contribution in [-0.2, 0) is 9.53 Å². The van der Waals surface area contributed by atoms with Gasteiger partial charge in [-0.05, 0) is 55.8 Å². The van der Waals surface area contributed by atoms with E-state index in [4.69, 9.17) is 4.74 Å². The van der Waals surface area contributed by atoms with E-state index < -0.39 is 5.60 Å². The van der Waals surface area contributed by atoms with E-state index in [0.717, 1.165) is 38.5 Å². The summed E-state index contributed by atoms with van der Waals surface area (Å²) < 4.78 is 5.57. The number of aliphatic hydroxyl groups is 1. The number of carbonyl (C=O) groups is 1. The fourth-order valence-corrected chi connectivity index (χ4v) is 5.48. The van der Waals surface area contributed by atoms with Crippen LogP contribution in [0.2, 0.25) is 0 Å². The second-order valence-electron chi connectivity index (χ2n) is 8.52. The maximum absolute atomic E-state index is 11.3. The monoisotopic (exact) mass is 280 g/mol. The van der Waals surface area contributed by atoms with Gasteiger partial charge in [0, 0.05) is 12.3 Å². The van der Waals surface area contributed by atoms with Gasteiger partial charge in [0.1, 0.15) is 6.10 Å². The summed E-state index contributed by atoms with van der Waals surface area (Å²) in [5, 5.41) is 11.2. The van der Waals surface area contributed by atoms with Crippen molar-refractivity contribution in [1.29, 1.82) is 0 Å². The van der Waals surface area contributed by atoms with Gasteiger partial charge in [-0.3, -0.25) is 4.79 Å². The molecule has 5 atom stereocenters. The van der Waals surface area contributed by atoms with E-state index in [9.17, 15) is 9.90 Å². The number of esters is 1. The number of hydrogen-bond donors (Lipinski definition) is 1. The number of ether oxygens (including phenoxy) is 1. The number of hydrogen-bond acceptors (Lipinski definition) is 3. The largest absolute Gasteiger partial charge is 0.462 e. The SMILES string of the molecule is CC(=O)O[C@H]1CC[C@@]2(O)C[C@]1(C)CC[C@@H]1[C@@H]2CC1(C)C. The van der Waals surface area contributed by atoms with Crippen LogP contribution in [0.15, 0.2) is 0 Å². The Hall–Kier alpha value is -0.570. The molecule has 0 radical (unpaired) electrons. The molecule has 0 spiro atoms. The molecule has 0 aromatic carbocycles. The predicted octanol–water partition coefficient (Wildman–Crippen LogP) is 3.30. The first-order valence-electron chi connectivity index (χ1n) is 8.06. The lowest BCUT2D eigenvalue weighted by atomic mass is 9.49. The molecule has 3 heteroatoms. The molecule has 3 aliphatic carbocycles. The van der Waals surface area contributed by atoms with E-state index >= 15 is 0 Å². The molecule has 0 unspecified atom stereocenters. The van der Waals surface area contributed by atoms with Gasteiger partial charge in [-0.2, -0.15) is 0 Å². The molecular formula is C17H28O3. The summed E-state index contributed by atoms with van der Waals surface area (Å²) in [7, 11) is 0. The van der Waals surface area contributed by atoms with Gasteiger partial charge < -0.3 is 9.84 Å². The zero-order valence-corrected chi connectivity index (χ0v) is 13.2. The molecule has 0 aromatic rings. The molecule has 0 saturated heterocycles. The van der Waals surface area contributed by atoms with Crippen LogP contribution in [0.25, 0.3) is 0 Å². The molecule has 114 valence electrons. The van der Waals surface area contributed by atoms with E-state index in [0.29, 0.717) is 17.3 Å². The van der Waals surface area contributed by atoms with Crippen LogP contribution in [0, 0.1) is 22.7 Å². The molecule has 0 aliphatic heterocycles. The Morgan fingerprint density at radius 3 is 2.45 bits per heavy atom. The molecular weight excluding hydrogens is 252 g/mol. The van der Waals surface area contributed by atoms with Crippen molar-refractivity contribution in [2.75, 3.05) is 0 Å². The van der Waals surface area contributed by atoms with E-state index in [2.05, 4.69) is 20.8 Å². The average Bonchev–Trinajstić information content (AvgIpc) is 2.37. The van der Waals surface area contributed by atoms with Crippen molar-refractivity contribution in [3.63, 3.8) is 0 Å². The van der Waals surface area contributed by atoms with E-state index in [1.165, 1.54) is 6.92 Å². The second-order valence-corrected chi connectivity index (χ2v) is 8.52. The van der Waals surface area contributed by atoms with Crippen molar-refractivity contribution in [1.82, 2.24) is 0 Å². The molecule has 0 aromatic heterocycles. The maximum Gasteiger partial charge on any atom is 0.302 e. The Balaban J connectivity index is 1.87. The Labute approximate surface area is 122 Å². The normalized spacial score (nSPS) is 49.5. The molecule has 2 bridgehead atoms. The minimum Gasteiger partial charge on any atom is -0.462 e. The van der Waals surface area contributed by atoms with Crippen molar-refractivity contribution < 1.29 is 14.6 Å². The highest BCUT2D eigenvalue weighted by atomic mass is 16.5. The Kier molecular flexibility index (Phi) is 3.03. The molecule has 0 amide bonds. The van der Waals surface area contributed by atoms with Crippen LogP contribution in [-0.4, -0.2) is 22.8 Å². The van der Waals surface area contributed by atoms with Crippen molar-refractivity contribution in [2.45, 2.75) is 77.9 Å². The van der Waals surface area contributed by atoms with E-state index in [1.807, 2.05) is 0 Å². The smallest absolute Gasteiger partial charge is 0.302 e. The fourth-order valence-electron chi connectivity index (χ4n) is 5.48. The second kappa shape index (κ2) is 4.22. The molecule has 3 fully saturated rings. The van der Waals surface area contributed by atoms with Gasteiger partial charge in [0.25, 0.3) is 0 Å². The van der Waals surface area contributed by atoms with Gasteiger partial charge in [0.15, 0.2) is 0 Å². The van der Waals surface area contributed by atoms with Gasteiger partial charge in [-0.15, -0.1) is 0 Å². The topological polar surface area (TPSA) is 46.5 Å². The number of rotatable bonds is 1. The van der Waals surface area contributed by atoms with Gasteiger partial charge in [-0.1, -0.05) is 20.8 Å². The first-order valence-corrected chi connectivity index (χ1v) is 8.06. The third-order valence-corrected chi connectivity index (χ3v) is 6.59. The molecule has 3 saturated carbocycles. The third-order valence-electron chi connectivity index (χ3n) is 6.59. The van der Waals surface area contributed by atoms with Crippen LogP contribution in [0.1, 0.15) is 66.2 Å². The zero-order valence-electron chi connectivity index (χ0n) is 13.2. The van der Waals surface area contributed by atoms with Gasteiger partial charge >= 0.3 is 5.97 Å². The van der Waals surface area contributed by atoms with Crippen LogP contribution < -0.4 is 0 Å². The highest BCUT2D eigenvalue weighted by molar-refractivity contribution is 5.66. The number of carbonyl (C=O) groups excluding carboxylic acids is 1. The maximum atomic E-state index is 11.3. The summed E-state index contributed by atoms with van der Waals surface area (Å²) in [6.45, 7) is 8.37. The fraction of sp³-hybridized carbons (Fsp3) is 0.941. The average molecular weight is 280 g/mol. The van der Waals surface area contributed by atoms with Crippen LogP contribution >= 0.6 is 0 Å². The van der Waals surface area contributed by atoms with E-state index in [-0.39, 0.29) is 17.5 Å². The minimum absolute atomic E-state index is 0.0131. The molecule has 0 heterocycles. The highest BCUT2D eigenvalue weighted by Gasteiger charge is 2.62. The van der Waals surface area contributed by atoms with Crippen molar-refractivity contribution in [2.24, 2.45) is 22.7 Å². The summed E-state index contributed by atoms with van der Waals surface area (Å²) in [6.07, 6.45) is 5.76. The lowest BCUT2D eigenvalue weighted by Gasteiger charge is -2.58. The summed E-state index contributed by atoms with van der Waals surface area (Å²) in [6, 6.07) is 0. The molecule has 3 nitrogen and oxygen atoms in total. The molecule has 3 aliphatic rings. The van der Waals surface area contributed by atoms with Gasteiger partial charge in [-0.25, -0.2) is 0 Å². The Morgan fingerprint density at radius 1 is 1.15 bits per heavy atom. The summed E-state index contributed by atoms with van der Waals surface area (Å²) >= 11 is 0. The summed E-state index contributed by atoms with van der Waals surface area (Å²) in [4.78, 5) is 11.3. The first-order chi connectivity index (χ1) is 9.16. The van der Waals surface area contributed by atoms with Crippen molar-refractivity contribution >= 4 is 5.97 Å². The summed E-state index contributed by atoms with van der Waals surface area (Å²) in [5.74, 6) is 0.900. The first kappa shape index (κ1) is 14.4. The number of fused-ring (bicyclic) bond motifs is 4. The Morgan fingerprint density at radius 2 is 1.85 bits per heavy atom. The van der Waals surface area contributed by atoms with Crippen molar-refractivity contribution in [3.05, 3.63) is 0 Å². The minimum atomic E-state index is -0.526. The quantitative estimate of drug-likeness (QED) is 0.750. The van der Waals surface area contributed by atoms with Gasteiger partial charge in [0.2, 0.25) is 0 Å². The zero-order chi connectivity index (χ0) is 14.8. The van der Waals surface area contributed by atoms with Crippen LogP contribution in [0.3, 0.4) is 0 Å². The predicted molar refractivity (Wildman–Crippen MR) is 77.1 cm³/mol. The Bertz CT molecular complexity index is 430. The lowest BCUT2D eigenvalue weighted by Crippen LogP contribution is -2.58. The van der Waals surface area contributed by atoms with Crippen molar-refractivity contribution in [3.8, 4) is 0 Å². The third kappa shape index (κ3) is 2.01. The standard InChI is InChI=1S/C17H28O3/c1-11(18)20-14-6-8-17(19)10-16(14,4)7-5-12-13(17)9-15(12,2)3/h12-14,19H,5-10H2,1-4H3/t12-,13+,14+,16+,17-/m1/s1. The molecule has 20 heavy (non-hydrogen) atoms. The van der Waals surface area contributed by atoms with Crippen LogP contribution in [0.4, 0.5) is 0 Å². The molecule has 1 N–H and O–H groups in total. The van der Waals surface area contributed by atoms with E-state index in [1.54, 1.807) is 0 Å².